The van der Waals surface area contributed by atoms with Crippen LogP contribution in [0, 0.1) is 0 Å². The fourth-order valence-electron chi connectivity index (χ4n) is 1.35. The maximum Gasteiger partial charge on any atom is 0.0701 e. The van der Waals surface area contributed by atoms with Gasteiger partial charge in [0, 0.05) is 18.0 Å². The quantitative estimate of drug-likeness (QED) is 0.894. The lowest BCUT2D eigenvalue weighted by molar-refractivity contribution is 0.0859. The Morgan fingerprint density at radius 1 is 1.57 bits per heavy atom. The molecular formula is C10H16BrNOS. The van der Waals surface area contributed by atoms with Gasteiger partial charge in [0.15, 0.2) is 0 Å². The van der Waals surface area contributed by atoms with Crippen molar-refractivity contribution in [3.63, 3.8) is 0 Å². The van der Waals surface area contributed by atoms with E-state index in [0.29, 0.717) is 6.04 Å². The van der Waals surface area contributed by atoms with Crippen LogP contribution in [0.1, 0.15) is 11.8 Å². The summed E-state index contributed by atoms with van der Waals surface area (Å²) in [6.07, 6.45) is 1.25. The van der Waals surface area contributed by atoms with Crippen LogP contribution in [0.15, 0.2) is 15.9 Å². The summed E-state index contributed by atoms with van der Waals surface area (Å²) in [5.41, 5.74) is 0. The highest BCUT2D eigenvalue weighted by atomic mass is 79.9. The summed E-state index contributed by atoms with van der Waals surface area (Å²) in [5.74, 6) is 0. The van der Waals surface area contributed by atoms with Crippen LogP contribution < -0.4 is 5.32 Å². The Morgan fingerprint density at radius 3 is 2.71 bits per heavy atom. The van der Waals surface area contributed by atoms with Crippen LogP contribution >= 0.6 is 27.3 Å². The van der Waals surface area contributed by atoms with Crippen molar-refractivity contribution < 1.29 is 4.74 Å². The molecule has 1 aromatic heterocycles. The predicted molar refractivity (Wildman–Crippen MR) is 65.0 cm³/mol. The molecule has 0 aliphatic rings. The van der Waals surface area contributed by atoms with Crippen molar-refractivity contribution in [3.05, 3.63) is 20.8 Å². The lowest BCUT2D eigenvalue weighted by Crippen LogP contribution is -2.38. The molecule has 2 atom stereocenters. The average Bonchev–Trinajstić information content (AvgIpc) is 2.59. The SMILES string of the molecule is CNC(Cc1ccc(Br)s1)C(C)OC. The molecule has 0 bridgehead atoms. The molecule has 2 unspecified atom stereocenters. The van der Waals surface area contributed by atoms with Crippen molar-refractivity contribution in [2.45, 2.75) is 25.5 Å². The van der Waals surface area contributed by atoms with E-state index in [1.165, 1.54) is 8.66 Å². The Bertz CT molecular complexity index is 277. The normalized spacial score (nSPS) is 15.4. The Hall–Kier alpha value is 0.1000. The molecular weight excluding hydrogens is 262 g/mol. The number of hydrogen-bond donors (Lipinski definition) is 1. The Labute approximate surface area is 97.8 Å². The Morgan fingerprint density at radius 2 is 2.29 bits per heavy atom. The molecule has 2 nitrogen and oxygen atoms in total. The third-order valence-corrected chi connectivity index (χ3v) is 4.01. The van der Waals surface area contributed by atoms with Gasteiger partial charge in [-0.3, -0.25) is 0 Å². The average molecular weight is 278 g/mol. The first-order valence-corrected chi connectivity index (χ1v) is 6.22. The molecule has 0 aliphatic carbocycles. The number of likely N-dealkylation sites (N-methyl/N-ethyl adjacent to an activating group) is 1. The lowest BCUT2D eigenvalue weighted by Gasteiger charge is -2.21. The van der Waals surface area contributed by atoms with Crippen molar-refractivity contribution in [3.8, 4) is 0 Å². The van der Waals surface area contributed by atoms with Crippen LogP contribution in [0.3, 0.4) is 0 Å². The largest absolute Gasteiger partial charge is 0.380 e. The first-order chi connectivity index (χ1) is 6.67. The molecule has 0 aliphatic heterocycles. The topological polar surface area (TPSA) is 21.3 Å². The van der Waals surface area contributed by atoms with Gasteiger partial charge in [-0.25, -0.2) is 0 Å². The van der Waals surface area contributed by atoms with Crippen LogP contribution in [-0.2, 0) is 11.2 Å². The van der Waals surface area contributed by atoms with Gasteiger partial charge in [-0.15, -0.1) is 11.3 Å². The first-order valence-electron chi connectivity index (χ1n) is 4.61. The van der Waals surface area contributed by atoms with Crippen LogP contribution in [0.5, 0.6) is 0 Å². The number of thiophene rings is 1. The summed E-state index contributed by atoms with van der Waals surface area (Å²) in [5, 5.41) is 3.28. The minimum Gasteiger partial charge on any atom is -0.380 e. The van der Waals surface area contributed by atoms with Gasteiger partial charge in [0.2, 0.25) is 0 Å². The summed E-state index contributed by atoms with van der Waals surface area (Å²) in [6.45, 7) is 2.09. The lowest BCUT2D eigenvalue weighted by atomic mass is 10.1. The summed E-state index contributed by atoms with van der Waals surface area (Å²) in [4.78, 5) is 1.38. The van der Waals surface area contributed by atoms with Gasteiger partial charge in [0.05, 0.1) is 9.89 Å². The molecule has 1 N–H and O–H groups in total. The molecule has 0 fully saturated rings. The predicted octanol–water partition coefficient (Wildman–Crippen LogP) is 2.68. The van der Waals surface area contributed by atoms with Gasteiger partial charge in [-0.1, -0.05) is 0 Å². The minimum atomic E-state index is 0.237. The van der Waals surface area contributed by atoms with E-state index < -0.39 is 0 Å². The highest BCUT2D eigenvalue weighted by molar-refractivity contribution is 9.11. The zero-order valence-corrected chi connectivity index (χ0v) is 11.1. The standard InChI is InChI=1S/C10H16BrNOS/c1-7(13-3)9(12-2)6-8-4-5-10(11)14-8/h4-5,7,9,12H,6H2,1-3H3. The van der Waals surface area contributed by atoms with Gasteiger partial charge in [-0.05, 0) is 48.5 Å². The molecule has 0 aromatic carbocycles. The molecule has 0 saturated heterocycles. The third-order valence-electron chi connectivity index (χ3n) is 2.36. The molecule has 14 heavy (non-hydrogen) atoms. The van der Waals surface area contributed by atoms with E-state index >= 15 is 0 Å². The maximum absolute atomic E-state index is 5.31. The van der Waals surface area contributed by atoms with Gasteiger partial charge >= 0.3 is 0 Å². The number of halogens is 1. The van der Waals surface area contributed by atoms with Crippen LogP contribution in [-0.4, -0.2) is 26.3 Å². The second-order valence-electron chi connectivity index (χ2n) is 3.25. The smallest absolute Gasteiger partial charge is 0.0701 e. The van der Waals surface area contributed by atoms with Crippen molar-refractivity contribution in [1.29, 1.82) is 0 Å². The van der Waals surface area contributed by atoms with E-state index in [0.717, 1.165) is 6.42 Å². The number of rotatable bonds is 5. The third kappa shape index (κ3) is 3.35. The molecule has 0 amide bonds. The number of methoxy groups -OCH3 is 1. The van der Waals surface area contributed by atoms with Gasteiger partial charge in [0.25, 0.3) is 0 Å². The highest BCUT2D eigenvalue weighted by Crippen LogP contribution is 2.23. The zero-order valence-electron chi connectivity index (χ0n) is 8.71. The van der Waals surface area contributed by atoms with E-state index in [2.05, 4.69) is 40.3 Å². The fraction of sp³-hybridized carbons (Fsp3) is 0.600. The van der Waals surface area contributed by atoms with Crippen molar-refractivity contribution >= 4 is 27.3 Å². The number of nitrogens with one attached hydrogen (secondary N) is 1. The monoisotopic (exact) mass is 277 g/mol. The van der Waals surface area contributed by atoms with E-state index in [1.807, 2.05) is 7.05 Å². The molecule has 1 rings (SSSR count). The number of ether oxygens (including phenoxy) is 1. The van der Waals surface area contributed by atoms with Crippen LogP contribution in [0.4, 0.5) is 0 Å². The van der Waals surface area contributed by atoms with E-state index in [1.54, 1.807) is 18.4 Å². The minimum absolute atomic E-state index is 0.237. The molecule has 1 aromatic rings. The maximum atomic E-state index is 5.31. The fourth-order valence-corrected chi connectivity index (χ4v) is 2.89. The van der Waals surface area contributed by atoms with Crippen molar-refractivity contribution in [2.24, 2.45) is 0 Å². The van der Waals surface area contributed by atoms with Crippen LogP contribution in [0.2, 0.25) is 0 Å². The Balaban J connectivity index is 2.56. The zero-order chi connectivity index (χ0) is 10.6. The summed E-state index contributed by atoms with van der Waals surface area (Å²) >= 11 is 5.25. The van der Waals surface area contributed by atoms with Gasteiger partial charge in [-0.2, -0.15) is 0 Å². The van der Waals surface area contributed by atoms with Gasteiger partial charge in [0.1, 0.15) is 0 Å². The molecule has 0 radical (unpaired) electrons. The van der Waals surface area contributed by atoms with Crippen molar-refractivity contribution in [2.75, 3.05) is 14.2 Å². The molecule has 1 heterocycles. The van der Waals surface area contributed by atoms with E-state index in [-0.39, 0.29) is 6.10 Å². The van der Waals surface area contributed by atoms with E-state index in [9.17, 15) is 0 Å². The second-order valence-corrected chi connectivity index (χ2v) is 5.79. The Kier molecular flexibility index (Phi) is 5.09. The molecule has 80 valence electrons. The molecule has 0 spiro atoms. The summed E-state index contributed by atoms with van der Waals surface area (Å²) in [7, 11) is 3.72. The second kappa shape index (κ2) is 5.85. The highest BCUT2D eigenvalue weighted by Gasteiger charge is 2.15. The number of hydrogen-bond acceptors (Lipinski definition) is 3. The van der Waals surface area contributed by atoms with Gasteiger partial charge < -0.3 is 10.1 Å². The summed E-state index contributed by atoms with van der Waals surface area (Å²) < 4.78 is 6.50. The van der Waals surface area contributed by atoms with Crippen LogP contribution in [0.25, 0.3) is 0 Å². The van der Waals surface area contributed by atoms with E-state index in [4.69, 9.17) is 4.74 Å². The molecule has 0 saturated carbocycles. The van der Waals surface area contributed by atoms with Crippen molar-refractivity contribution in [1.82, 2.24) is 5.32 Å². The molecule has 4 heteroatoms. The summed E-state index contributed by atoms with van der Waals surface area (Å²) in [6, 6.07) is 4.62. The first kappa shape index (κ1) is 12.2.